The van der Waals surface area contributed by atoms with Gasteiger partial charge < -0.3 is 28.4 Å². The molecule has 0 spiro atoms. The third-order valence-corrected chi connectivity index (χ3v) is 5.99. The lowest BCUT2D eigenvalue weighted by Crippen LogP contribution is -2.42. The van der Waals surface area contributed by atoms with Crippen molar-refractivity contribution in [2.75, 3.05) is 6.61 Å². The molecule has 0 amide bonds. The molecule has 13 heteroatoms. The van der Waals surface area contributed by atoms with Gasteiger partial charge in [-0.2, -0.15) is 4.98 Å². The Kier molecular flexibility index (Phi) is 8.94. The number of nitrogens with zero attached hydrogens (tertiary/aromatic N) is 4. The number of hydrogen-bond acceptors (Lipinski definition) is 12. The van der Waals surface area contributed by atoms with Gasteiger partial charge in [0.05, 0.1) is 17.6 Å². The van der Waals surface area contributed by atoms with Crippen LogP contribution in [-0.4, -0.2) is 61.5 Å². The molecule has 3 aromatic rings. The van der Waals surface area contributed by atoms with Crippen LogP contribution in [0.3, 0.4) is 0 Å². The van der Waals surface area contributed by atoms with E-state index in [1.807, 2.05) is 13.8 Å². The second kappa shape index (κ2) is 11.9. The second-order valence-corrected chi connectivity index (χ2v) is 8.93. The van der Waals surface area contributed by atoms with Crippen molar-refractivity contribution in [1.29, 1.82) is 0 Å². The molecule has 1 N–H and O–H groups in total. The SMILES string of the molecule is CC(=O)OC[C@@H](OC(C)=O)[C@@H](C)[C@H](Cn1c(=O)c(-c2nc(CO)no2)nc2cc(C)c(C)cc21)OC(C)=O. The Morgan fingerprint density at radius 3 is 2.21 bits per heavy atom. The molecule has 2 aromatic heterocycles. The lowest BCUT2D eigenvalue weighted by atomic mass is 9.97. The highest BCUT2D eigenvalue weighted by atomic mass is 16.6. The Hall–Kier alpha value is -4.13. The van der Waals surface area contributed by atoms with Crippen LogP contribution >= 0.6 is 0 Å². The molecule has 0 saturated carbocycles. The van der Waals surface area contributed by atoms with Crippen molar-refractivity contribution in [3.05, 3.63) is 39.4 Å². The number of aryl methyl sites for hydroxylation is 2. The standard InChI is InChI=1S/C25H30N4O9/c1-12-7-18-19(8-13(12)2)29(25(34)23(26-18)24-27-22(10-30)28-38-24)9-20(36-16(5)32)14(3)21(37-17(6)33)11-35-15(4)31/h7-8,14,20-21,30H,9-11H2,1-6H3/t14-,20-,21+/m0/s1. The number of aliphatic hydroxyl groups excluding tert-OH is 1. The van der Waals surface area contributed by atoms with Gasteiger partial charge in [-0.25, -0.2) is 4.98 Å². The first-order chi connectivity index (χ1) is 17.9. The summed E-state index contributed by atoms with van der Waals surface area (Å²) in [5, 5.41) is 12.9. The molecule has 0 unspecified atom stereocenters. The number of esters is 3. The number of rotatable bonds is 10. The van der Waals surface area contributed by atoms with E-state index in [1.165, 1.54) is 25.3 Å². The topological polar surface area (TPSA) is 173 Å². The van der Waals surface area contributed by atoms with Crippen molar-refractivity contribution < 1.29 is 38.2 Å². The molecule has 0 saturated heterocycles. The summed E-state index contributed by atoms with van der Waals surface area (Å²) >= 11 is 0. The molecule has 38 heavy (non-hydrogen) atoms. The maximum atomic E-state index is 13.7. The lowest BCUT2D eigenvalue weighted by Gasteiger charge is -2.30. The zero-order chi connectivity index (χ0) is 28.1. The van der Waals surface area contributed by atoms with Crippen LogP contribution in [0.2, 0.25) is 0 Å². The summed E-state index contributed by atoms with van der Waals surface area (Å²) in [5.74, 6) is -2.72. The van der Waals surface area contributed by atoms with E-state index >= 15 is 0 Å². The van der Waals surface area contributed by atoms with Gasteiger partial charge >= 0.3 is 17.9 Å². The number of fused-ring (bicyclic) bond motifs is 1. The molecule has 0 fully saturated rings. The molecular weight excluding hydrogens is 500 g/mol. The smallest absolute Gasteiger partial charge is 0.303 e. The van der Waals surface area contributed by atoms with Crippen molar-refractivity contribution >= 4 is 28.9 Å². The first kappa shape index (κ1) is 28.4. The summed E-state index contributed by atoms with van der Waals surface area (Å²) < 4.78 is 22.5. The van der Waals surface area contributed by atoms with Crippen LogP contribution in [0.4, 0.5) is 0 Å². The molecule has 3 atom stereocenters. The molecular formula is C25H30N4O9. The van der Waals surface area contributed by atoms with E-state index in [0.29, 0.717) is 11.0 Å². The fourth-order valence-electron chi connectivity index (χ4n) is 3.88. The van der Waals surface area contributed by atoms with Crippen LogP contribution in [0, 0.1) is 19.8 Å². The quantitative estimate of drug-likeness (QED) is 0.297. The van der Waals surface area contributed by atoms with E-state index in [9.17, 15) is 24.3 Å². The summed E-state index contributed by atoms with van der Waals surface area (Å²) in [6.07, 6.45) is -1.95. The summed E-state index contributed by atoms with van der Waals surface area (Å²) in [6, 6.07) is 3.58. The molecule has 1 aromatic carbocycles. The van der Waals surface area contributed by atoms with Crippen LogP contribution in [0.5, 0.6) is 0 Å². The van der Waals surface area contributed by atoms with Gasteiger partial charge in [-0.05, 0) is 37.1 Å². The molecule has 0 radical (unpaired) electrons. The van der Waals surface area contributed by atoms with E-state index in [4.69, 9.17) is 18.7 Å². The van der Waals surface area contributed by atoms with Crippen molar-refractivity contribution in [1.82, 2.24) is 19.7 Å². The lowest BCUT2D eigenvalue weighted by molar-refractivity contribution is -0.167. The molecule has 0 aliphatic heterocycles. The van der Waals surface area contributed by atoms with E-state index in [1.54, 1.807) is 19.1 Å². The first-order valence-electron chi connectivity index (χ1n) is 11.8. The Morgan fingerprint density at radius 2 is 1.63 bits per heavy atom. The third-order valence-electron chi connectivity index (χ3n) is 5.99. The number of aliphatic hydroxyl groups is 1. The third kappa shape index (κ3) is 6.59. The predicted octanol–water partition coefficient (Wildman–Crippen LogP) is 1.62. The van der Waals surface area contributed by atoms with Gasteiger partial charge in [0.2, 0.25) is 0 Å². The molecule has 0 bridgehead atoms. The van der Waals surface area contributed by atoms with E-state index in [2.05, 4.69) is 15.1 Å². The van der Waals surface area contributed by atoms with Gasteiger partial charge in [0.25, 0.3) is 11.4 Å². The zero-order valence-electron chi connectivity index (χ0n) is 22.0. The number of ether oxygens (including phenoxy) is 3. The Morgan fingerprint density at radius 1 is 1.00 bits per heavy atom. The first-order valence-corrected chi connectivity index (χ1v) is 11.8. The normalized spacial score (nSPS) is 13.6. The van der Waals surface area contributed by atoms with E-state index in [-0.39, 0.29) is 30.6 Å². The number of carbonyl (C=O) groups excluding carboxylic acids is 3. The molecule has 0 aliphatic rings. The van der Waals surface area contributed by atoms with Gasteiger partial charge in [-0.15, -0.1) is 0 Å². The van der Waals surface area contributed by atoms with Crippen molar-refractivity contribution in [2.45, 2.75) is 66.9 Å². The van der Waals surface area contributed by atoms with Crippen molar-refractivity contribution in [3.8, 4) is 11.6 Å². The predicted molar refractivity (Wildman–Crippen MR) is 132 cm³/mol. The number of hydrogen-bond donors (Lipinski definition) is 1. The molecule has 2 heterocycles. The Balaban J connectivity index is 2.16. The Bertz CT molecular complexity index is 1410. The monoisotopic (exact) mass is 530 g/mol. The molecule has 3 rings (SSSR count). The van der Waals surface area contributed by atoms with Crippen LogP contribution in [0.15, 0.2) is 21.5 Å². The van der Waals surface area contributed by atoms with Gasteiger partial charge in [0.1, 0.15) is 25.4 Å². The highest BCUT2D eigenvalue weighted by Gasteiger charge is 2.33. The highest BCUT2D eigenvalue weighted by Crippen LogP contribution is 2.24. The largest absolute Gasteiger partial charge is 0.462 e. The minimum Gasteiger partial charge on any atom is -0.462 e. The zero-order valence-corrected chi connectivity index (χ0v) is 22.0. The number of benzene rings is 1. The number of aromatic nitrogens is 4. The second-order valence-electron chi connectivity index (χ2n) is 8.93. The highest BCUT2D eigenvalue weighted by molar-refractivity contribution is 5.79. The minimum atomic E-state index is -0.985. The average Bonchev–Trinajstić information content (AvgIpc) is 3.32. The summed E-state index contributed by atoms with van der Waals surface area (Å²) in [5.41, 5.74) is 1.95. The molecule has 13 nitrogen and oxygen atoms in total. The van der Waals surface area contributed by atoms with Gasteiger partial charge in [0.15, 0.2) is 11.5 Å². The van der Waals surface area contributed by atoms with Crippen LogP contribution in [0.25, 0.3) is 22.6 Å². The van der Waals surface area contributed by atoms with Crippen molar-refractivity contribution in [2.24, 2.45) is 5.92 Å². The maximum Gasteiger partial charge on any atom is 0.303 e. The van der Waals surface area contributed by atoms with Gasteiger partial charge in [-0.3, -0.25) is 19.2 Å². The fourth-order valence-corrected chi connectivity index (χ4v) is 3.88. The summed E-state index contributed by atoms with van der Waals surface area (Å²) in [7, 11) is 0. The molecule has 204 valence electrons. The summed E-state index contributed by atoms with van der Waals surface area (Å²) in [6.45, 7) is 8.15. The minimum absolute atomic E-state index is 0.0194. The Labute approximate surface area is 217 Å². The van der Waals surface area contributed by atoms with E-state index < -0.39 is 48.2 Å². The van der Waals surface area contributed by atoms with Crippen LogP contribution in [-0.2, 0) is 41.7 Å². The van der Waals surface area contributed by atoms with Crippen LogP contribution < -0.4 is 5.56 Å². The van der Waals surface area contributed by atoms with Gasteiger partial charge in [0, 0.05) is 26.7 Å². The molecule has 0 aliphatic carbocycles. The van der Waals surface area contributed by atoms with Crippen LogP contribution in [0.1, 0.15) is 44.6 Å². The van der Waals surface area contributed by atoms with E-state index in [0.717, 1.165) is 11.1 Å². The van der Waals surface area contributed by atoms with Crippen molar-refractivity contribution in [3.63, 3.8) is 0 Å². The maximum absolute atomic E-state index is 13.7. The fraction of sp³-hybridized carbons (Fsp3) is 0.480. The average molecular weight is 531 g/mol. The number of carbonyl (C=O) groups is 3. The van der Waals surface area contributed by atoms with Gasteiger partial charge in [-0.1, -0.05) is 12.1 Å². The summed E-state index contributed by atoms with van der Waals surface area (Å²) in [4.78, 5) is 57.4.